The van der Waals surface area contributed by atoms with Gasteiger partial charge in [-0.25, -0.2) is 4.39 Å². The maximum absolute atomic E-state index is 14.9. The van der Waals surface area contributed by atoms with Gasteiger partial charge in [-0.15, -0.1) is 0 Å². The van der Waals surface area contributed by atoms with Crippen LogP contribution in [0.2, 0.25) is 0 Å². The van der Waals surface area contributed by atoms with Crippen molar-refractivity contribution in [3.05, 3.63) is 82.7 Å². The summed E-state index contributed by atoms with van der Waals surface area (Å²) in [6.45, 7) is 3.38. The van der Waals surface area contributed by atoms with Crippen LogP contribution in [0.4, 0.5) is 15.8 Å². The molecule has 3 N–H and O–H groups in total. The number of halogens is 1. The second kappa shape index (κ2) is 10.7. The van der Waals surface area contributed by atoms with Crippen LogP contribution in [0.3, 0.4) is 0 Å². The number of nitrogens with zero attached hydrogens (tertiary/aromatic N) is 1. The molecule has 2 aliphatic rings. The van der Waals surface area contributed by atoms with Gasteiger partial charge in [0.05, 0.1) is 0 Å². The maximum Gasteiger partial charge on any atom is 0.128 e. The molecule has 5 rings (SSSR count). The highest BCUT2D eigenvalue weighted by Crippen LogP contribution is 2.39. The van der Waals surface area contributed by atoms with Gasteiger partial charge in [-0.1, -0.05) is 24.6 Å². The number of rotatable bonds is 7. The van der Waals surface area contributed by atoms with E-state index in [1.54, 1.807) is 24.3 Å². The van der Waals surface area contributed by atoms with Crippen LogP contribution in [0.25, 0.3) is 0 Å². The Labute approximate surface area is 207 Å². The van der Waals surface area contributed by atoms with E-state index in [0.717, 1.165) is 55.5 Å². The standard InChI is InChI=1S/C30H35FN2O2/c31-29-19-25(10-8-21(29)5-4-16-33-14-2-1-3-15-33)32-30-20-27(35)12-13-28(30)24-7-6-23-18-26(34)11-9-22(23)17-24/h8-13,18-20,24,32,34-35H,1-7,14-17H2. The molecule has 1 aliphatic carbocycles. The lowest BCUT2D eigenvalue weighted by molar-refractivity contribution is 0.226. The van der Waals surface area contributed by atoms with Gasteiger partial charge in [-0.2, -0.15) is 0 Å². The smallest absolute Gasteiger partial charge is 0.128 e. The van der Waals surface area contributed by atoms with Gasteiger partial charge in [-0.05, 0) is 123 Å². The molecule has 1 unspecified atom stereocenters. The van der Waals surface area contributed by atoms with Crippen LogP contribution in [0.1, 0.15) is 60.3 Å². The molecular formula is C30H35FN2O2. The number of benzene rings is 3. The zero-order valence-corrected chi connectivity index (χ0v) is 20.3. The van der Waals surface area contributed by atoms with Crippen LogP contribution < -0.4 is 5.32 Å². The molecule has 0 amide bonds. The maximum atomic E-state index is 14.9. The molecule has 0 bridgehead atoms. The number of piperidine rings is 1. The third kappa shape index (κ3) is 5.79. The highest BCUT2D eigenvalue weighted by molar-refractivity contribution is 5.66. The molecule has 0 aromatic heterocycles. The summed E-state index contributed by atoms with van der Waals surface area (Å²) in [6.07, 6.45) is 8.35. The molecular weight excluding hydrogens is 439 g/mol. The topological polar surface area (TPSA) is 55.7 Å². The van der Waals surface area contributed by atoms with Crippen molar-refractivity contribution >= 4 is 11.4 Å². The number of aromatic hydroxyl groups is 2. The first-order valence-electron chi connectivity index (χ1n) is 13.0. The Balaban J connectivity index is 1.27. The van der Waals surface area contributed by atoms with E-state index in [1.165, 1.54) is 43.5 Å². The van der Waals surface area contributed by atoms with E-state index in [4.69, 9.17) is 0 Å². The first kappa shape index (κ1) is 23.7. The van der Waals surface area contributed by atoms with Gasteiger partial charge in [0.25, 0.3) is 0 Å². The number of nitrogens with one attached hydrogen (secondary N) is 1. The predicted molar refractivity (Wildman–Crippen MR) is 139 cm³/mol. The van der Waals surface area contributed by atoms with Crippen LogP contribution >= 0.6 is 0 Å². The molecule has 1 atom stereocenters. The molecule has 3 aromatic rings. The number of anilines is 2. The number of phenolic OH excluding ortho intramolecular Hbond substituents is 2. The average molecular weight is 475 g/mol. The monoisotopic (exact) mass is 474 g/mol. The van der Waals surface area contributed by atoms with Crippen LogP contribution in [0, 0.1) is 5.82 Å². The van der Waals surface area contributed by atoms with E-state index in [2.05, 4.69) is 10.2 Å². The third-order valence-electron chi connectivity index (χ3n) is 7.60. The third-order valence-corrected chi connectivity index (χ3v) is 7.60. The van der Waals surface area contributed by atoms with Crippen molar-refractivity contribution in [3.63, 3.8) is 0 Å². The van der Waals surface area contributed by atoms with Crippen LogP contribution in [0.15, 0.2) is 54.6 Å². The van der Waals surface area contributed by atoms with Gasteiger partial charge in [0.15, 0.2) is 0 Å². The van der Waals surface area contributed by atoms with E-state index in [-0.39, 0.29) is 17.5 Å². The first-order chi connectivity index (χ1) is 17.0. The Bertz CT molecular complexity index is 1170. The summed E-state index contributed by atoms with van der Waals surface area (Å²) in [4.78, 5) is 2.49. The zero-order valence-electron chi connectivity index (χ0n) is 20.3. The molecule has 184 valence electrons. The molecule has 5 heteroatoms. The van der Waals surface area contributed by atoms with E-state index >= 15 is 0 Å². The Morgan fingerprint density at radius 3 is 2.51 bits per heavy atom. The fourth-order valence-electron chi connectivity index (χ4n) is 5.67. The van der Waals surface area contributed by atoms with E-state index in [0.29, 0.717) is 11.4 Å². The summed E-state index contributed by atoms with van der Waals surface area (Å²) in [6, 6.07) is 16.4. The highest BCUT2D eigenvalue weighted by Gasteiger charge is 2.23. The largest absolute Gasteiger partial charge is 0.508 e. The summed E-state index contributed by atoms with van der Waals surface area (Å²) in [7, 11) is 0. The fourth-order valence-corrected chi connectivity index (χ4v) is 5.67. The molecule has 1 saturated heterocycles. The minimum absolute atomic E-state index is 0.179. The highest BCUT2D eigenvalue weighted by atomic mass is 19.1. The Hall–Kier alpha value is -3.05. The lowest BCUT2D eigenvalue weighted by atomic mass is 9.79. The summed E-state index contributed by atoms with van der Waals surface area (Å²) in [5.41, 5.74) is 5.83. The molecule has 35 heavy (non-hydrogen) atoms. The van der Waals surface area contributed by atoms with Crippen LogP contribution in [-0.4, -0.2) is 34.7 Å². The van der Waals surface area contributed by atoms with Gasteiger partial charge in [0.1, 0.15) is 17.3 Å². The van der Waals surface area contributed by atoms with Crippen LogP contribution in [0.5, 0.6) is 11.5 Å². The van der Waals surface area contributed by atoms with Crippen molar-refractivity contribution in [1.29, 1.82) is 0 Å². The van der Waals surface area contributed by atoms with Gasteiger partial charge >= 0.3 is 0 Å². The first-order valence-corrected chi connectivity index (χ1v) is 13.0. The molecule has 1 fully saturated rings. The SMILES string of the molecule is Oc1ccc2c(c1)CCC(c1ccc(O)cc1Nc1ccc(CCCN3CCCCC3)c(F)c1)C2. The number of hydrogen-bond acceptors (Lipinski definition) is 4. The zero-order chi connectivity index (χ0) is 24.2. The van der Waals surface area contributed by atoms with Crippen molar-refractivity contribution in [1.82, 2.24) is 4.90 Å². The number of phenols is 2. The number of fused-ring (bicyclic) bond motifs is 1. The van der Waals surface area contributed by atoms with Gasteiger partial charge in [-0.3, -0.25) is 0 Å². The molecule has 0 radical (unpaired) electrons. The van der Waals surface area contributed by atoms with E-state index in [1.807, 2.05) is 30.3 Å². The van der Waals surface area contributed by atoms with Crippen molar-refractivity contribution in [2.75, 3.05) is 25.0 Å². The van der Waals surface area contributed by atoms with Crippen LogP contribution in [-0.2, 0) is 19.3 Å². The minimum atomic E-state index is -0.179. The van der Waals surface area contributed by atoms with Gasteiger partial charge in [0.2, 0.25) is 0 Å². The lowest BCUT2D eigenvalue weighted by Crippen LogP contribution is -2.30. The normalized spacial score (nSPS) is 18.3. The summed E-state index contributed by atoms with van der Waals surface area (Å²) in [5, 5.41) is 23.3. The second-order valence-corrected chi connectivity index (χ2v) is 10.1. The van der Waals surface area contributed by atoms with Gasteiger partial charge in [0, 0.05) is 17.4 Å². The van der Waals surface area contributed by atoms with Crippen molar-refractivity contribution in [2.24, 2.45) is 0 Å². The van der Waals surface area contributed by atoms with Gasteiger partial charge < -0.3 is 20.4 Å². The van der Waals surface area contributed by atoms with E-state index in [9.17, 15) is 14.6 Å². The Morgan fingerprint density at radius 2 is 1.69 bits per heavy atom. The fraction of sp³-hybridized carbons (Fsp3) is 0.400. The number of likely N-dealkylation sites (tertiary alicyclic amines) is 1. The summed E-state index contributed by atoms with van der Waals surface area (Å²) in [5.74, 6) is 0.606. The van der Waals surface area contributed by atoms with E-state index < -0.39 is 0 Å². The predicted octanol–water partition coefficient (Wildman–Crippen LogP) is 6.67. The average Bonchev–Trinajstić information content (AvgIpc) is 2.86. The molecule has 3 aromatic carbocycles. The van der Waals surface area contributed by atoms with Crippen molar-refractivity contribution < 1.29 is 14.6 Å². The van der Waals surface area contributed by atoms with Crippen molar-refractivity contribution in [2.45, 2.75) is 57.3 Å². The Morgan fingerprint density at radius 1 is 0.886 bits per heavy atom. The molecule has 4 nitrogen and oxygen atoms in total. The molecule has 1 aliphatic heterocycles. The lowest BCUT2D eigenvalue weighted by Gasteiger charge is -2.27. The number of hydrogen-bond donors (Lipinski definition) is 3. The summed E-state index contributed by atoms with van der Waals surface area (Å²) < 4.78 is 14.9. The quantitative estimate of drug-likeness (QED) is 0.358. The Kier molecular flexibility index (Phi) is 7.24. The van der Waals surface area contributed by atoms with Crippen molar-refractivity contribution in [3.8, 4) is 11.5 Å². The number of aryl methyl sites for hydroxylation is 2. The second-order valence-electron chi connectivity index (χ2n) is 10.1. The summed E-state index contributed by atoms with van der Waals surface area (Å²) >= 11 is 0. The molecule has 0 spiro atoms. The minimum Gasteiger partial charge on any atom is -0.508 e. The molecule has 1 heterocycles. The molecule has 0 saturated carbocycles.